The first kappa shape index (κ1) is 14.5. The van der Waals surface area contributed by atoms with Crippen molar-refractivity contribution in [3.8, 4) is 0 Å². The van der Waals surface area contributed by atoms with Gasteiger partial charge in [0.05, 0.1) is 5.60 Å². The van der Waals surface area contributed by atoms with Crippen molar-refractivity contribution in [1.82, 2.24) is 5.32 Å². The summed E-state index contributed by atoms with van der Waals surface area (Å²) in [4.78, 5) is 0. The first-order valence-corrected chi connectivity index (χ1v) is 7.15. The van der Waals surface area contributed by atoms with Crippen molar-refractivity contribution >= 4 is 0 Å². The van der Waals surface area contributed by atoms with Crippen LogP contribution in [0.5, 0.6) is 0 Å². The minimum absolute atomic E-state index is 0.0325. The van der Waals surface area contributed by atoms with Gasteiger partial charge >= 0.3 is 0 Å². The Hall–Kier alpha value is -0.930. The van der Waals surface area contributed by atoms with Crippen LogP contribution in [0.4, 0.5) is 4.39 Å². The number of methoxy groups -OCH3 is 1. The van der Waals surface area contributed by atoms with Gasteiger partial charge in [-0.05, 0) is 45.2 Å². The van der Waals surface area contributed by atoms with Crippen LogP contribution < -0.4 is 5.32 Å². The largest absolute Gasteiger partial charge is 0.378 e. The fraction of sp³-hybridized carbons (Fsp3) is 0.625. The van der Waals surface area contributed by atoms with E-state index in [1.807, 2.05) is 19.1 Å². The third-order valence-corrected chi connectivity index (χ3v) is 4.25. The molecule has 0 spiro atoms. The van der Waals surface area contributed by atoms with E-state index >= 15 is 0 Å². The van der Waals surface area contributed by atoms with Crippen LogP contribution in [0.3, 0.4) is 0 Å². The van der Waals surface area contributed by atoms with Gasteiger partial charge in [-0.15, -0.1) is 0 Å². The van der Waals surface area contributed by atoms with Crippen molar-refractivity contribution < 1.29 is 9.13 Å². The molecule has 1 aliphatic carbocycles. The van der Waals surface area contributed by atoms with E-state index in [0.717, 1.165) is 36.9 Å². The number of nitrogens with one attached hydrogen (secondary N) is 1. The van der Waals surface area contributed by atoms with Crippen LogP contribution in [0.2, 0.25) is 0 Å². The first-order chi connectivity index (χ1) is 9.10. The molecule has 0 aromatic heterocycles. The second-order valence-electron chi connectivity index (χ2n) is 5.58. The predicted molar refractivity (Wildman–Crippen MR) is 75.8 cm³/mol. The fourth-order valence-corrected chi connectivity index (χ4v) is 2.90. The highest BCUT2D eigenvalue weighted by molar-refractivity contribution is 5.27. The number of hydrogen-bond acceptors (Lipinski definition) is 2. The zero-order chi connectivity index (χ0) is 13.9. The van der Waals surface area contributed by atoms with Gasteiger partial charge in [-0.1, -0.05) is 24.6 Å². The average Bonchev–Trinajstić information content (AvgIpc) is 2.35. The van der Waals surface area contributed by atoms with Crippen LogP contribution in [0, 0.1) is 12.7 Å². The predicted octanol–water partition coefficient (Wildman–Crippen LogP) is 3.74. The van der Waals surface area contributed by atoms with Gasteiger partial charge < -0.3 is 10.1 Å². The normalized spacial score (nSPS) is 18.9. The molecule has 1 atom stereocenters. The highest BCUT2D eigenvalue weighted by Gasteiger charge is 2.39. The van der Waals surface area contributed by atoms with E-state index in [9.17, 15) is 4.39 Å². The summed E-state index contributed by atoms with van der Waals surface area (Å²) in [6.07, 6.45) is 4.22. The maximum atomic E-state index is 14.1. The fourth-order valence-electron chi connectivity index (χ4n) is 2.90. The molecular formula is C16H24FNO. The quantitative estimate of drug-likeness (QED) is 0.846. The Morgan fingerprint density at radius 1 is 1.42 bits per heavy atom. The molecule has 2 rings (SSSR count). The Morgan fingerprint density at radius 3 is 2.68 bits per heavy atom. The van der Waals surface area contributed by atoms with Gasteiger partial charge in [0.25, 0.3) is 0 Å². The number of benzene rings is 1. The summed E-state index contributed by atoms with van der Waals surface area (Å²) in [5.41, 5.74) is 1.81. The number of halogens is 1. The summed E-state index contributed by atoms with van der Waals surface area (Å²) in [6, 6.07) is 5.36. The second-order valence-corrected chi connectivity index (χ2v) is 5.58. The number of ether oxygens (including phenoxy) is 1. The van der Waals surface area contributed by atoms with Crippen molar-refractivity contribution in [1.29, 1.82) is 0 Å². The lowest BCUT2D eigenvalue weighted by atomic mass is 9.74. The van der Waals surface area contributed by atoms with Crippen molar-refractivity contribution in [2.45, 2.75) is 51.2 Å². The minimum atomic E-state index is -0.123. The van der Waals surface area contributed by atoms with Crippen LogP contribution >= 0.6 is 0 Å². The van der Waals surface area contributed by atoms with E-state index in [1.54, 1.807) is 13.2 Å². The van der Waals surface area contributed by atoms with Gasteiger partial charge in [0, 0.05) is 18.7 Å². The van der Waals surface area contributed by atoms with Crippen molar-refractivity contribution in [2.75, 3.05) is 13.7 Å². The molecule has 0 bridgehead atoms. The molecule has 3 heteroatoms. The molecule has 1 aromatic carbocycles. The van der Waals surface area contributed by atoms with E-state index < -0.39 is 0 Å². The number of hydrogen-bond donors (Lipinski definition) is 1. The summed E-state index contributed by atoms with van der Waals surface area (Å²) < 4.78 is 19.7. The van der Waals surface area contributed by atoms with Crippen LogP contribution in [-0.2, 0) is 4.74 Å². The maximum Gasteiger partial charge on any atom is 0.127 e. The lowest BCUT2D eigenvalue weighted by Gasteiger charge is -2.43. The molecule has 0 heterocycles. The summed E-state index contributed by atoms with van der Waals surface area (Å²) in [7, 11) is 1.77. The molecule has 2 nitrogen and oxygen atoms in total. The highest BCUT2D eigenvalue weighted by Crippen LogP contribution is 2.42. The lowest BCUT2D eigenvalue weighted by molar-refractivity contribution is -0.0839. The van der Waals surface area contributed by atoms with E-state index in [2.05, 4.69) is 12.2 Å². The van der Waals surface area contributed by atoms with E-state index in [4.69, 9.17) is 4.74 Å². The molecule has 106 valence electrons. The van der Waals surface area contributed by atoms with E-state index in [0.29, 0.717) is 0 Å². The monoisotopic (exact) mass is 265 g/mol. The Bertz CT molecular complexity index is 423. The van der Waals surface area contributed by atoms with Crippen LogP contribution in [0.25, 0.3) is 0 Å². The maximum absolute atomic E-state index is 14.1. The van der Waals surface area contributed by atoms with Gasteiger partial charge in [-0.25, -0.2) is 4.39 Å². The lowest BCUT2D eigenvalue weighted by Crippen LogP contribution is -2.43. The Labute approximate surface area is 115 Å². The van der Waals surface area contributed by atoms with Crippen LogP contribution in [-0.4, -0.2) is 19.3 Å². The second kappa shape index (κ2) is 6.02. The zero-order valence-corrected chi connectivity index (χ0v) is 12.1. The van der Waals surface area contributed by atoms with Crippen LogP contribution in [0.15, 0.2) is 18.2 Å². The molecule has 1 aliphatic rings. The van der Waals surface area contributed by atoms with Crippen molar-refractivity contribution in [2.24, 2.45) is 0 Å². The van der Waals surface area contributed by atoms with Gasteiger partial charge in [0.1, 0.15) is 5.82 Å². The molecule has 1 N–H and O–H groups in total. The molecule has 1 aromatic rings. The Morgan fingerprint density at radius 2 is 2.16 bits per heavy atom. The molecule has 1 unspecified atom stereocenters. The molecule has 0 aliphatic heterocycles. The molecule has 0 radical (unpaired) electrons. The Kier molecular flexibility index (Phi) is 4.58. The topological polar surface area (TPSA) is 21.3 Å². The first-order valence-electron chi connectivity index (χ1n) is 7.15. The Balaban J connectivity index is 2.21. The average molecular weight is 265 g/mol. The smallest absolute Gasteiger partial charge is 0.127 e. The number of aryl methyl sites for hydroxylation is 1. The molecule has 0 amide bonds. The van der Waals surface area contributed by atoms with Crippen molar-refractivity contribution in [3.63, 3.8) is 0 Å². The SMILES string of the molecule is CCNC(CC1(OC)CCC1)c1cc(C)ccc1F. The van der Waals surface area contributed by atoms with Crippen LogP contribution in [0.1, 0.15) is 49.8 Å². The van der Waals surface area contributed by atoms with Gasteiger partial charge in [-0.3, -0.25) is 0 Å². The third-order valence-electron chi connectivity index (χ3n) is 4.25. The molecule has 1 fully saturated rings. The minimum Gasteiger partial charge on any atom is -0.378 e. The van der Waals surface area contributed by atoms with Gasteiger partial charge in [0.15, 0.2) is 0 Å². The summed E-state index contributed by atoms with van der Waals surface area (Å²) in [5.74, 6) is -0.123. The van der Waals surface area contributed by atoms with E-state index in [-0.39, 0.29) is 17.5 Å². The summed E-state index contributed by atoms with van der Waals surface area (Å²) >= 11 is 0. The third kappa shape index (κ3) is 3.15. The molecule has 1 saturated carbocycles. The highest BCUT2D eigenvalue weighted by atomic mass is 19.1. The molecule has 0 saturated heterocycles. The molecule has 19 heavy (non-hydrogen) atoms. The van der Waals surface area contributed by atoms with Gasteiger partial charge in [-0.2, -0.15) is 0 Å². The zero-order valence-electron chi connectivity index (χ0n) is 12.1. The van der Waals surface area contributed by atoms with Gasteiger partial charge in [0.2, 0.25) is 0 Å². The molecular weight excluding hydrogens is 241 g/mol. The summed E-state index contributed by atoms with van der Waals surface area (Å²) in [5, 5.41) is 3.41. The van der Waals surface area contributed by atoms with Crippen molar-refractivity contribution in [3.05, 3.63) is 35.1 Å². The summed E-state index contributed by atoms with van der Waals surface area (Å²) in [6.45, 7) is 4.89. The van der Waals surface area contributed by atoms with E-state index in [1.165, 1.54) is 6.42 Å². The standard InChI is InChI=1S/C16H24FNO/c1-4-18-15(11-16(19-3)8-5-9-16)13-10-12(2)6-7-14(13)17/h6-7,10,15,18H,4-5,8-9,11H2,1-3H3. The number of rotatable bonds is 6.